The fourth-order valence-electron chi connectivity index (χ4n) is 2.24. The number of anilines is 2. The van der Waals surface area contributed by atoms with E-state index in [0.717, 1.165) is 5.56 Å². The summed E-state index contributed by atoms with van der Waals surface area (Å²) in [5.74, 6) is 0.0736. The average Bonchev–Trinajstić information content (AvgIpc) is 2.56. The van der Waals surface area contributed by atoms with Crippen LogP contribution in [0.2, 0.25) is 5.02 Å². The van der Waals surface area contributed by atoms with Crippen molar-refractivity contribution in [1.29, 1.82) is 0 Å². The summed E-state index contributed by atoms with van der Waals surface area (Å²) in [6.07, 6.45) is 0. The molecule has 0 aliphatic rings. The van der Waals surface area contributed by atoms with Crippen molar-refractivity contribution in [2.24, 2.45) is 0 Å². The summed E-state index contributed by atoms with van der Waals surface area (Å²) in [5.41, 5.74) is 2.00. The predicted octanol–water partition coefficient (Wildman–Crippen LogP) is 3.65. The van der Waals surface area contributed by atoms with Gasteiger partial charge in [0.05, 0.1) is 7.11 Å². The van der Waals surface area contributed by atoms with Crippen LogP contribution in [0.15, 0.2) is 42.5 Å². The Morgan fingerprint density at radius 3 is 2.58 bits per heavy atom. The van der Waals surface area contributed by atoms with Gasteiger partial charge >= 0.3 is 0 Å². The molecule has 2 amide bonds. The number of carbonyl (C=O) groups is 2. The molecule has 24 heavy (non-hydrogen) atoms. The van der Waals surface area contributed by atoms with Gasteiger partial charge in [0.15, 0.2) is 0 Å². The zero-order valence-corrected chi connectivity index (χ0v) is 14.6. The monoisotopic (exact) mass is 346 g/mol. The second-order valence-electron chi connectivity index (χ2n) is 5.27. The molecule has 0 aliphatic heterocycles. The smallest absolute Gasteiger partial charge is 0.244 e. The number of ether oxygens (including phenoxy) is 1. The van der Waals surface area contributed by atoms with Crippen molar-refractivity contribution in [1.82, 2.24) is 0 Å². The molecular formula is C18H19ClN2O3. The van der Waals surface area contributed by atoms with Gasteiger partial charge in [-0.3, -0.25) is 9.59 Å². The molecule has 0 aromatic heterocycles. The number of methoxy groups -OCH3 is 1. The molecule has 126 valence electrons. The lowest BCUT2D eigenvalue weighted by molar-refractivity contribution is -0.120. The second kappa shape index (κ2) is 7.84. The van der Waals surface area contributed by atoms with Crippen LogP contribution in [0.3, 0.4) is 0 Å². The van der Waals surface area contributed by atoms with Crippen molar-refractivity contribution in [2.75, 3.05) is 23.9 Å². The van der Waals surface area contributed by atoms with Crippen molar-refractivity contribution in [3.63, 3.8) is 0 Å². The Balaban J connectivity index is 2.17. The fraction of sp³-hybridized carbons (Fsp3) is 0.222. The maximum absolute atomic E-state index is 12.3. The van der Waals surface area contributed by atoms with Crippen molar-refractivity contribution >= 4 is 34.8 Å². The van der Waals surface area contributed by atoms with Crippen LogP contribution in [-0.4, -0.2) is 25.5 Å². The number of hydrogen-bond acceptors (Lipinski definition) is 3. The predicted molar refractivity (Wildman–Crippen MR) is 95.8 cm³/mol. The highest BCUT2D eigenvalue weighted by atomic mass is 35.5. The van der Waals surface area contributed by atoms with E-state index in [1.54, 1.807) is 49.6 Å². The van der Waals surface area contributed by atoms with E-state index in [2.05, 4.69) is 5.32 Å². The standard InChI is InChI=1S/C18H19ClN2O3/c1-12-16(19)8-5-9-17(12)20-18(23)11-21(13(2)22)14-6-4-7-15(10-14)24-3/h4-10H,11H2,1-3H3,(H,20,23). The summed E-state index contributed by atoms with van der Waals surface area (Å²) >= 11 is 6.05. The number of hydrogen-bond donors (Lipinski definition) is 1. The summed E-state index contributed by atoms with van der Waals surface area (Å²) in [7, 11) is 1.55. The zero-order chi connectivity index (χ0) is 17.7. The third kappa shape index (κ3) is 4.26. The molecule has 0 fully saturated rings. The van der Waals surface area contributed by atoms with E-state index < -0.39 is 0 Å². The molecule has 0 aliphatic carbocycles. The molecule has 0 radical (unpaired) electrons. The molecular weight excluding hydrogens is 328 g/mol. The van der Waals surface area contributed by atoms with Crippen LogP contribution in [0.1, 0.15) is 12.5 Å². The van der Waals surface area contributed by atoms with Crippen molar-refractivity contribution in [3.05, 3.63) is 53.1 Å². The number of carbonyl (C=O) groups excluding carboxylic acids is 2. The zero-order valence-electron chi connectivity index (χ0n) is 13.8. The van der Waals surface area contributed by atoms with Crippen LogP contribution in [-0.2, 0) is 9.59 Å². The number of benzene rings is 2. The summed E-state index contributed by atoms with van der Waals surface area (Å²) in [6, 6.07) is 12.3. The second-order valence-corrected chi connectivity index (χ2v) is 5.67. The van der Waals surface area contributed by atoms with Gasteiger partial charge in [0, 0.05) is 29.4 Å². The van der Waals surface area contributed by atoms with Gasteiger partial charge in [0.1, 0.15) is 12.3 Å². The Hall–Kier alpha value is -2.53. The highest BCUT2D eigenvalue weighted by Crippen LogP contribution is 2.24. The van der Waals surface area contributed by atoms with Gasteiger partial charge in [-0.15, -0.1) is 0 Å². The number of nitrogens with one attached hydrogen (secondary N) is 1. The van der Waals surface area contributed by atoms with Crippen LogP contribution >= 0.6 is 11.6 Å². The van der Waals surface area contributed by atoms with Crippen LogP contribution in [0.25, 0.3) is 0 Å². The minimum atomic E-state index is -0.307. The van der Waals surface area contributed by atoms with Crippen LogP contribution in [0.5, 0.6) is 5.75 Å². The normalized spacial score (nSPS) is 10.2. The molecule has 2 aromatic rings. The quantitative estimate of drug-likeness (QED) is 0.899. The molecule has 5 nitrogen and oxygen atoms in total. The van der Waals surface area contributed by atoms with E-state index in [1.165, 1.54) is 11.8 Å². The first-order valence-electron chi connectivity index (χ1n) is 7.39. The highest BCUT2D eigenvalue weighted by molar-refractivity contribution is 6.31. The molecule has 0 spiro atoms. The number of amides is 2. The molecule has 0 unspecified atom stereocenters. The third-order valence-electron chi connectivity index (χ3n) is 3.59. The first-order valence-corrected chi connectivity index (χ1v) is 7.77. The average molecular weight is 347 g/mol. The number of rotatable bonds is 5. The summed E-state index contributed by atoms with van der Waals surface area (Å²) in [5, 5.41) is 3.36. The Labute approximate surface area is 146 Å². The van der Waals surface area contributed by atoms with Gasteiger partial charge in [-0.25, -0.2) is 0 Å². The minimum Gasteiger partial charge on any atom is -0.497 e. The summed E-state index contributed by atoms with van der Waals surface area (Å²) < 4.78 is 5.16. The lowest BCUT2D eigenvalue weighted by Gasteiger charge is -2.21. The SMILES string of the molecule is COc1cccc(N(CC(=O)Nc2cccc(Cl)c2C)C(C)=O)c1. The molecule has 0 bridgehead atoms. The topological polar surface area (TPSA) is 58.6 Å². The molecule has 0 atom stereocenters. The minimum absolute atomic E-state index is 0.103. The van der Waals surface area contributed by atoms with Gasteiger partial charge in [-0.1, -0.05) is 23.7 Å². The maximum atomic E-state index is 12.3. The van der Waals surface area contributed by atoms with Gasteiger partial charge in [0.25, 0.3) is 0 Å². The number of nitrogens with zero attached hydrogens (tertiary/aromatic N) is 1. The maximum Gasteiger partial charge on any atom is 0.244 e. The first-order chi connectivity index (χ1) is 11.4. The number of halogens is 1. The van der Waals surface area contributed by atoms with Gasteiger partial charge in [0.2, 0.25) is 11.8 Å². The Kier molecular flexibility index (Phi) is 5.82. The van der Waals surface area contributed by atoms with E-state index in [0.29, 0.717) is 22.1 Å². The molecule has 1 N–H and O–H groups in total. The molecule has 0 saturated heterocycles. The van der Waals surface area contributed by atoms with Crippen LogP contribution < -0.4 is 15.0 Å². The van der Waals surface area contributed by atoms with E-state index in [-0.39, 0.29) is 18.4 Å². The third-order valence-corrected chi connectivity index (χ3v) is 4.00. The first kappa shape index (κ1) is 17.8. The summed E-state index contributed by atoms with van der Waals surface area (Å²) in [6.45, 7) is 3.13. The van der Waals surface area contributed by atoms with Crippen LogP contribution in [0, 0.1) is 6.92 Å². The van der Waals surface area contributed by atoms with E-state index in [9.17, 15) is 9.59 Å². The lowest BCUT2D eigenvalue weighted by Crippen LogP contribution is -2.36. The lowest BCUT2D eigenvalue weighted by atomic mass is 10.2. The van der Waals surface area contributed by atoms with Crippen LogP contribution in [0.4, 0.5) is 11.4 Å². The van der Waals surface area contributed by atoms with Gasteiger partial charge < -0.3 is 15.0 Å². The Bertz CT molecular complexity index is 762. The van der Waals surface area contributed by atoms with E-state index in [4.69, 9.17) is 16.3 Å². The van der Waals surface area contributed by atoms with E-state index >= 15 is 0 Å². The Morgan fingerprint density at radius 2 is 1.92 bits per heavy atom. The van der Waals surface area contributed by atoms with Gasteiger partial charge in [-0.2, -0.15) is 0 Å². The fourth-order valence-corrected chi connectivity index (χ4v) is 2.41. The molecule has 2 aromatic carbocycles. The summed E-state index contributed by atoms with van der Waals surface area (Å²) in [4.78, 5) is 25.7. The van der Waals surface area contributed by atoms with Crippen molar-refractivity contribution in [2.45, 2.75) is 13.8 Å². The molecule has 6 heteroatoms. The molecule has 0 saturated carbocycles. The van der Waals surface area contributed by atoms with Crippen molar-refractivity contribution in [3.8, 4) is 5.75 Å². The highest BCUT2D eigenvalue weighted by Gasteiger charge is 2.17. The van der Waals surface area contributed by atoms with E-state index in [1.807, 2.05) is 6.92 Å². The largest absolute Gasteiger partial charge is 0.497 e. The van der Waals surface area contributed by atoms with Crippen molar-refractivity contribution < 1.29 is 14.3 Å². The van der Waals surface area contributed by atoms with Gasteiger partial charge in [-0.05, 0) is 36.8 Å². The Morgan fingerprint density at radius 1 is 1.21 bits per heavy atom. The molecule has 2 rings (SSSR count). The molecule has 0 heterocycles.